The van der Waals surface area contributed by atoms with Crippen LogP contribution in [-0.2, 0) is 6.42 Å². The summed E-state index contributed by atoms with van der Waals surface area (Å²) in [4.78, 5) is 12.2. The molecule has 2 N–H and O–H groups in total. The van der Waals surface area contributed by atoms with Crippen molar-refractivity contribution in [2.45, 2.75) is 26.3 Å². The van der Waals surface area contributed by atoms with Crippen LogP contribution in [0, 0.1) is 6.92 Å². The van der Waals surface area contributed by atoms with Crippen LogP contribution in [-0.4, -0.2) is 17.1 Å². The molecule has 0 spiro atoms. The predicted octanol–water partition coefficient (Wildman–Crippen LogP) is 3.80. The molecule has 1 unspecified atom stereocenters. The fraction of sp³-hybridized carbons (Fsp3) is 0.267. The van der Waals surface area contributed by atoms with E-state index < -0.39 is 5.97 Å². The number of aromatic carboxylic acids is 1. The van der Waals surface area contributed by atoms with Gasteiger partial charge in [0.15, 0.2) is 0 Å². The van der Waals surface area contributed by atoms with Crippen molar-refractivity contribution >= 4 is 23.0 Å². The average Bonchev–Trinajstić information content (AvgIpc) is 2.84. The van der Waals surface area contributed by atoms with Crippen LogP contribution in [0.5, 0.6) is 0 Å². The third kappa shape index (κ3) is 3.58. The van der Waals surface area contributed by atoms with E-state index in [-0.39, 0.29) is 0 Å². The molecule has 0 amide bonds. The van der Waals surface area contributed by atoms with Gasteiger partial charge in [0.05, 0.1) is 5.56 Å². The standard InChI is InChI=1S/C15H17NO2S/c1-10-8-12(15(17)18)5-6-14(10)16-11(2)9-13-4-3-7-19-13/h3-8,11,16H,9H2,1-2H3,(H,17,18). The second-order valence-electron chi connectivity index (χ2n) is 4.66. The van der Waals surface area contributed by atoms with E-state index in [0.29, 0.717) is 11.6 Å². The van der Waals surface area contributed by atoms with Gasteiger partial charge in [0.25, 0.3) is 0 Å². The summed E-state index contributed by atoms with van der Waals surface area (Å²) in [6, 6.07) is 9.66. The summed E-state index contributed by atoms with van der Waals surface area (Å²) >= 11 is 1.75. The minimum absolute atomic E-state index is 0.313. The van der Waals surface area contributed by atoms with Crippen molar-refractivity contribution in [3.05, 3.63) is 51.7 Å². The summed E-state index contributed by atoms with van der Waals surface area (Å²) < 4.78 is 0. The molecule has 0 radical (unpaired) electrons. The SMILES string of the molecule is Cc1cc(C(=O)O)ccc1NC(C)Cc1cccs1. The summed E-state index contributed by atoms with van der Waals surface area (Å²) in [6.07, 6.45) is 0.970. The number of carboxylic acid groups (broad SMARTS) is 1. The molecule has 0 aliphatic carbocycles. The smallest absolute Gasteiger partial charge is 0.335 e. The van der Waals surface area contributed by atoms with Crippen molar-refractivity contribution in [1.82, 2.24) is 0 Å². The second kappa shape index (κ2) is 5.89. The Morgan fingerprint density at radius 2 is 2.21 bits per heavy atom. The van der Waals surface area contributed by atoms with E-state index in [1.165, 1.54) is 4.88 Å². The number of hydrogen-bond donors (Lipinski definition) is 2. The largest absolute Gasteiger partial charge is 0.478 e. The predicted molar refractivity (Wildman–Crippen MR) is 79.2 cm³/mol. The number of nitrogens with one attached hydrogen (secondary N) is 1. The molecule has 0 fully saturated rings. The average molecular weight is 275 g/mol. The molecule has 0 bridgehead atoms. The van der Waals surface area contributed by atoms with Crippen LogP contribution >= 0.6 is 11.3 Å². The second-order valence-corrected chi connectivity index (χ2v) is 5.70. The van der Waals surface area contributed by atoms with Crippen LogP contribution in [0.3, 0.4) is 0 Å². The lowest BCUT2D eigenvalue weighted by atomic mass is 10.1. The van der Waals surface area contributed by atoms with Crippen molar-refractivity contribution in [1.29, 1.82) is 0 Å². The van der Waals surface area contributed by atoms with Gasteiger partial charge in [0, 0.05) is 23.0 Å². The Morgan fingerprint density at radius 3 is 2.79 bits per heavy atom. The van der Waals surface area contributed by atoms with Gasteiger partial charge in [-0.1, -0.05) is 6.07 Å². The Kier molecular flexibility index (Phi) is 4.22. The third-order valence-corrected chi connectivity index (χ3v) is 3.86. The van der Waals surface area contributed by atoms with E-state index in [4.69, 9.17) is 5.11 Å². The number of anilines is 1. The fourth-order valence-electron chi connectivity index (χ4n) is 2.01. The normalized spacial score (nSPS) is 12.1. The summed E-state index contributed by atoms with van der Waals surface area (Å²) in [6.45, 7) is 4.05. The third-order valence-electron chi connectivity index (χ3n) is 2.96. The maximum atomic E-state index is 10.9. The zero-order valence-corrected chi connectivity index (χ0v) is 11.8. The topological polar surface area (TPSA) is 49.3 Å². The maximum Gasteiger partial charge on any atom is 0.335 e. The molecule has 100 valence electrons. The number of carbonyl (C=O) groups is 1. The lowest BCUT2D eigenvalue weighted by Gasteiger charge is -2.16. The molecule has 4 heteroatoms. The molecule has 1 aromatic carbocycles. The highest BCUT2D eigenvalue weighted by molar-refractivity contribution is 7.09. The fourth-order valence-corrected chi connectivity index (χ4v) is 2.84. The number of thiophene rings is 1. The van der Waals surface area contributed by atoms with Crippen molar-refractivity contribution < 1.29 is 9.90 Å². The first-order chi connectivity index (χ1) is 9.06. The zero-order chi connectivity index (χ0) is 13.8. The number of hydrogen-bond acceptors (Lipinski definition) is 3. The molecule has 2 aromatic rings. The van der Waals surface area contributed by atoms with Crippen LogP contribution in [0.4, 0.5) is 5.69 Å². The highest BCUT2D eigenvalue weighted by atomic mass is 32.1. The highest BCUT2D eigenvalue weighted by Crippen LogP contribution is 2.19. The monoisotopic (exact) mass is 275 g/mol. The molecule has 0 aliphatic heterocycles. The van der Waals surface area contributed by atoms with Crippen molar-refractivity contribution in [3.8, 4) is 0 Å². The van der Waals surface area contributed by atoms with Gasteiger partial charge < -0.3 is 10.4 Å². The lowest BCUT2D eigenvalue weighted by molar-refractivity contribution is 0.0697. The van der Waals surface area contributed by atoms with Crippen LogP contribution < -0.4 is 5.32 Å². The van der Waals surface area contributed by atoms with Crippen LogP contribution in [0.15, 0.2) is 35.7 Å². The molecule has 0 saturated heterocycles. The first-order valence-corrected chi connectivity index (χ1v) is 7.07. The Morgan fingerprint density at radius 1 is 1.42 bits per heavy atom. The molecular weight excluding hydrogens is 258 g/mol. The van der Waals surface area contributed by atoms with Crippen LogP contribution in [0.2, 0.25) is 0 Å². The van der Waals surface area contributed by atoms with E-state index in [1.54, 1.807) is 23.5 Å². The van der Waals surface area contributed by atoms with Gasteiger partial charge in [-0.3, -0.25) is 0 Å². The number of carboxylic acids is 1. The zero-order valence-electron chi connectivity index (χ0n) is 11.0. The Hall–Kier alpha value is -1.81. The molecule has 1 heterocycles. The van der Waals surface area contributed by atoms with Gasteiger partial charge in [0.2, 0.25) is 0 Å². The van der Waals surface area contributed by atoms with Gasteiger partial charge in [0.1, 0.15) is 0 Å². The summed E-state index contributed by atoms with van der Waals surface area (Å²) in [5, 5.41) is 14.4. The van der Waals surface area contributed by atoms with Crippen LogP contribution in [0.1, 0.15) is 27.7 Å². The van der Waals surface area contributed by atoms with E-state index in [0.717, 1.165) is 17.7 Å². The van der Waals surface area contributed by atoms with Crippen molar-refractivity contribution in [2.75, 3.05) is 5.32 Å². The molecule has 1 atom stereocenters. The van der Waals surface area contributed by atoms with E-state index >= 15 is 0 Å². The Bertz CT molecular complexity index is 564. The van der Waals surface area contributed by atoms with E-state index in [1.807, 2.05) is 13.0 Å². The highest BCUT2D eigenvalue weighted by Gasteiger charge is 2.09. The molecular formula is C15H17NO2S. The molecule has 0 aliphatic rings. The molecule has 1 aromatic heterocycles. The van der Waals surface area contributed by atoms with Crippen molar-refractivity contribution in [2.24, 2.45) is 0 Å². The number of aryl methyl sites for hydroxylation is 1. The first kappa shape index (κ1) is 13.6. The number of rotatable bonds is 5. The quantitative estimate of drug-likeness (QED) is 0.872. The summed E-state index contributed by atoms with van der Waals surface area (Å²) in [7, 11) is 0. The summed E-state index contributed by atoms with van der Waals surface area (Å²) in [5.41, 5.74) is 2.28. The minimum Gasteiger partial charge on any atom is -0.478 e. The Labute approximate surface area is 116 Å². The molecule has 3 nitrogen and oxygen atoms in total. The molecule has 19 heavy (non-hydrogen) atoms. The van der Waals surface area contributed by atoms with E-state index in [9.17, 15) is 4.79 Å². The first-order valence-electron chi connectivity index (χ1n) is 6.19. The minimum atomic E-state index is -0.888. The van der Waals surface area contributed by atoms with Crippen molar-refractivity contribution in [3.63, 3.8) is 0 Å². The molecule has 2 rings (SSSR count). The Balaban J connectivity index is 2.04. The van der Waals surface area contributed by atoms with Gasteiger partial charge in [-0.15, -0.1) is 11.3 Å². The van der Waals surface area contributed by atoms with Gasteiger partial charge in [-0.05, 0) is 49.1 Å². The molecule has 0 saturated carbocycles. The van der Waals surface area contributed by atoms with Gasteiger partial charge in [-0.25, -0.2) is 4.79 Å². The summed E-state index contributed by atoms with van der Waals surface area (Å²) in [5.74, 6) is -0.888. The van der Waals surface area contributed by atoms with Gasteiger partial charge >= 0.3 is 5.97 Å². The van der Waals surface area contributed by atoms with E-state index in [2.05, 4.69) is 29.8 Å². The van der Waals surface area contributed by atoms with Crippen LogP contribution in [0.25, 0.3) is 0 Å². The lowest BCUT2D eigenvalue weighted by Crippen LogP contribution is -2.18. The van der Waals surface area contributed by atoms with Gasteiger partial charge in [-0.2, -0.15) is 0 Å². The maximum absolute atomic E-state index is 10.9. The number of benzene rings is 1.